The smallest absolute Gasteiger partial charge is 0.328 e. The van der Waals surface area contributed by atoms with Gasteiger partial charge in [0.05, 0.1) is 18.2 Å². The lowest BCUT2D eigenvalue weighted by Crippen LogP contribution is -2.03. The Balaban J connectivity index is 2.93. The van der Waals surface area contributed by atoms with Crippen molar-refractivity contribution >= 4 is 28.0 Å². The van der Waals surface area contributed by atoms with E-state index in [9.17, 15) is 4.79 Å². The minimum Gasteiger partial charge on any atom is -0.493 e. The molecule has 0 aliphatic carbocycles. The van der Waals surface area contributed by atoms with Gasteiger partial charge < -0.3 is 14.6 Å². The summed E-state index contributed by atoms with van der Waals surface area (Å²) in [7, 11) is 1.56. The highest BCUT2D eigenvalue weighted by atomic mass is 79.9. The third-order valence-corrected chi connectivity index (χ3v) is 3.20. The summed E-state index contributed by atoms with van der Waals surface area (Å²) in [6.45, 7) is 4.88. The molecule has 20 heavy (non-hydrogen) atoms. The number of benzene rings is 1. The van der Waals surface area contributed by atoms with Crippen molar-refractivity contribution in [2.75, 3.05) is 13.7 Å². The number of carbonyl (C=O) groups is 1. The van der Waals surface area contributed by atoms with Gasteiger partial charge in [-0.3, -0.25) is 0 Å². The van der Waals surface area contributed by atoms with E-state index >= 15 is 0 Å². The van der Waals surface area contributed by atoms with Crippen LogP contribution in [-0.2, 0) is 4.79 Å². The molecule has 110 valence electrons. The molecule has 1 N–H and O–H groups in total. The maximum absolute atomic E-state index is 10.5. The molecular weight excluding hydrogens is 324 g/mol. The van der Waals surface area contributed by atoms with Gasteiger partial charge >= 0.3 is 5.97 Å². The first-order valence-corrected chi connectivity index (χ1v) is 7.14. The fraction of sp³-hybridized carbons (Fsp3) is 0.400. The molecule has 1 aromatic carbocycles. The number of carboxylic acids is 1. The highest BCUT2D eigenvalue weighted by Crippen LogP contribution is 2.37. The van der Waals surface area contributed by atoms with Crippen molar-refractivity contribution in [2.45, 2.75) is 20.3 Å². The molecule has 0 saturated carbocycles. The van der Waals surface area contributed by atoms with Crippen molar-refractivity contribution in [1.29, 1.82) is 0 Å². The van der Waals surface area contributed by atoms with Gasteiger partial charge in [-0.1, -0.05) is 13.8 Å². The molecule has 0 radical (unpaired) electrons. The second-order valence-electron chi connectivity index (χ2n) is 4.74. The van der Waals surface area contributed by atoms with Crippen LogP contribution in [0.15, 0.2) is 22.7 Å². The van der Waals surface area contributed by atoms with Gasteiger partial charge in [-0.15, -0.1) is 0 Å². The summed E-state index contributed by atoms with van der Waals surface area (Å²) in [6, 6.07) is 3.54. The summed E-state index contributed by atoms with van der Waals surface area (Å²) in [5.74, 6) is 0.795. The number of hydrogen-bond donors (Lipinski definition) is 1. The van der Waals surface area contributed by atoms with Crippen LogP contribution in [0.25, 0.3) is 6.08 Å². The lowest BCUT2D eigenvalue weighted by Gasteiger charge is -2.14. The summed E-state index contributed by atoms with van der Waals surface area (Å²) in [4.78, 5) is 10.5. The van der Waals surface area contributed by atoms with Gasteiger partial charge in [0.1, 0.15) is 0 Å². The number of carboxylic acid groups (broad SMARTS) is 1. The lowest BCUT2D eigenvalue weighted by molar-refractivity contribution is -0.131. The molecule has 1 rings (SSSR count). The molecular formula is C15H19BrO4. The third kappa shape index (κ3) is 5.25. The monoisotopic (exact) mass is 342 g/mol. The van der Waals surface area contributed by atoms with Crippen LogP contribution >= 0.6 is 15.9 Å². The molecule has 0 heterocycles. The normalized spacial score (nSPS) is 11.1. The number of methoxy groups -OCH3 is 1. The zero-order valence-corrected chi connectivity index (χ0v) is 13.4. The summed E-state index contributed by atoms with van der Waals surface area (Å²) in [5, 5.41) is 8.64. The molecule has 0 fully saturated rings. The Morgan fingerprint density at radius 3 is 2.70 bits per heavy atom. The second kappa shape index (κ2) is 7.94. The Labute approximate surface area is 127 Å². The lowest BCUT2D eigenvalue weighted by atomic mass is 10.1. The first-order valence-electron chi connectivity index (χ1n) is 6.35. The van der Waals surface area contributed by atoms with Crippen LogP contribution in [0.3, 0.4) is 0 Å². The van der Waals surface area contributed by atoms with Crippen molar-refractivity contribution in [2.24, 2.45) is 5.92 Å². The first-order chi connectivity index (χ1) is 9.43. The van der Waals surface area contributed by atoms with E-state index in [0.29, 0.717) is 24.0 Å². The number of aliphatic carboxylic acids is 1. The van der Waals surface area contributed by atoms with Gasteiger partial charge in [0.15, 0.2) is 11.5 Å². The zero-order valence-electron chi connectivity index (χ0n) is 11.9. The van der Waals surface area contributed by atoms with Crippen LogP contribution in [0.5, 0.6) is 11.5 Å². The average Bonchev–Trinajstić information content (AvgIpc) is 2.37. The molecule has 5 heteroatoms. The Morgan fingerprint density at radius 1 is 1.45 bits per heavy atom. The summed E-state index contributed by atoms with van der Waals surface area (Å²) in [6.07, 6.45) is 3.55. The maximum atomic E-state index is 10.5. The van der Waals surface area contributed by atoms with Crippen LogP contribution in [0.4, 0.5) is 0 Å². The highest BCUT2D eigenvalue weighted by molar-refractivity contribution is 9.10. The highest BCUT2D eigenvalue weighted by Gasteiger charge is 2.11. The Morgan fingerprint density at radius 2 is 2.15 bits per heavy atom. The minimum absolute atomic E-state index is 0.567. The van der Waals surface area contributed by atoms with Crippen LogP contribution in [0.1, 0.15) is 25.8 Å². The molecule has 0 saturated heterocycles. The number of hydrogen-bond acceptors (Lipinski definition) is 3. The van der Waals surface area contributed by atoms with E-state index in [1.807, 2.05) is 0 Å². The number of rotatable bonds is 7. The predicted molar refractivity (Wildman–Crippen MR) is 82.3 cm³/mol. The molecule has 0 atom stereocenters. The topological polar surface area (TPSA) is 55.8 Å². The molecule has 4 nitrogen and oxygen atoms in total. The van der Waals surface area contributed by atoms with E-state index in [1.54, 1.807) is 19.2 Å². The van der Waals surface area contributed by atoms with Crippen molar-refractivity contribution in [3.8, 4) is 11.5 Å². The zero-order chi connectivity index (χ0) is 15.1. The van der Waals surface area contributed by atoms with E-state index in [2.05, 4.69) is 29.8 Å². The van der Waals surface area contributed by atoms with Gasteiger partial charge in [-0.2, -0.15) is 0 Å². The number of halogens is 1. The van der Waals surface area contributed by atoms with Crippen molar-refractivity contribution in [3.63, 3.8) is 0 Å². The quantitative estimate of drug-likeness (QED) is 0.761. The van der Waals surface area contributed by atoms with Gasteiger partial charge in [-0.05, 0) is 52.0 Å². The van der Waals surface area contributed by atoms with E-state index in [1.165, 1.54) is 6.08 Å². The summed E-state index contributed by atoms with van der Waals surface area (Å²) >= 11 is 3.43. The first kappa shape index (κ1) is 16.6. The molecule has 0 spiro atoms. The van der Waals surface area contributed by atoms with Crippen molar-refractivity contribution in [1.82, 2.24) is 0 Å². The van der Waals surface area contributed by atoms with Crippen LogP contribution in [0, 0.1) is 5.92 Å². The van der Waals surface area contributed by atoms with E-state index < -0.39 is 5.97 Å². The molecule has 0 aliphatic rings. The Bertz CT molecular complexity index is 495. The van der Waals surface area contributed by atoms with Crippen LogP contribution in [0.2, 0.25) is 0 Å². The van der Waals surface area contributed by atoms with Gasteiger partial charge in [0.25, 0.3) is 0 Å². The molecule has 0 amide bonds. The SMILES string of the molecule is COc1cc(/C=C/C(=O)O)cc(Br)c1OCCC(C)C. The number of ether oxygens (including phenoxy) is 2. The molecule has 0 aliphatic heterocycles. The van der Waals surface area contributed by atoms with Gasteiger partial charge in [-0.25, -0.2) is 4.79 Å². The van der Waals surface area contributed by atoms with E-state index in [-0.39, 0.29) is 0 Å². The predicted octanol–water partition coefficient (Wildman–Crippen LogP) is 3.98. The van der Waals surface area contributed by atoms with Crippen molar-refractivity contribution in [3.05, 3.63) is 28.2 Å². The average molecular weight is 343 g/mol. The van der Waals surface area contributed by atoms with Crippen LogP contribution in [-0.4, -0.2) is 24.8 Å². The minimum atomic E-state index is -0.989. The van der Waals surface area contributed by atoms with Crippen molar-refractivity contribution < 1.29 is 19.4 Å². The Hall–Kier alpha value is -1.49. The molecule has 0 unspecified atom stereocenters. The van der Waals surface area contributed by atoms with E-state index in [4.69, 9.17) is 14.6 Å². The second-order valence-corrected chi connectivity index (χ2v) is 5.59. The van der Waals surface area contributed by atoms with Crippen LogP contribution < -0.4 is 9.47 Å². The summed E-state index contributed by atoms with van der Waals surface area (Å²) in [5.41, 5.74) is 0.729. The molecule has 1 aromatic rings. The fourth-order valence-electron chi connectivity index (χ4n) is 1.54. The van der Waals surface area contributed by atoms with Gasteiger partial charge in [0.2, 0.25) is 0 Å². The standard InChI is InChI=1S/C15H19BrO4/c1-10(2)6-7-20-15-12(16)8-11(4-5-14(17)18)9-13(15)19-3/h4-5,8-10H,6-7H2,1-3H3,(H,17,18)/b5-4+. The largest absolute Gasteiger partial charge is 0.493 e. The van der Waals surface area contributed by atoms with Gasteiger partial charge in [0, 0.05) is 6.08 Å². The summed E-state index contributed by atoms with van der Waals surface area (Å²) < 4.78 is 11.8. The third-order valence-electron chi connectivity index (χ3n) is 2.61. The maximum Gasteiger partial charge on any atom is 0.328 e. The Kier molecular flexibility index (Phi) is 6.58. The molecule has 0 bridgehead atoms. The van der Waals surface area contributed by atoms with E-state index in [0.717, 1.165) is 22.5 Å². The fourth-order valence-corrected chi connectivity index (χ4v) is 2.11. The molecule has 0 aromatic heterocycles.